The minimum Gasteiger partial charge on any atom is -0.364 e. The van der Waals surface area contributed by atoms with Gasteiger partial charge in [-0.25, -0.2) is 0 Å². The number of rotatable bonds is 1. The van der Waals surface area contributed by atoms with E-state index in [2.05, 4.69) is 38.7 Å². The first kappa shape index (κ1) is 10.3. The Labute approximate surface area is 103 Å². The van der Waals surface area contributed by atoms with Crippen molar-refractivity contribution in [3.05, 3.63) is 34.3 Å². The zero-order valence-corrected chi connectivity index (χ0v) is 10.5. The quantitative estimate of drug-likeness (QED) is 0.818. The largest absolute Gasteiger partial charge is 0.364 e. The molecule has 2 N–H and O–H groups in total. The lowest BCUT2D eigenvalue weighted by molar-refractivity contribution is 0.402. The van der Waals surface area contributed by atoms with Gasteiger partial charge in [0.1, 0.15) is 5.84 Å². The topological polar surface area (TPSA) is 36.4 Å². The fourth-order valence-corrected chi connectivity index (χ4v) is 2.80. The number of nitrogens with one attached hydrogen (secondary N) is 2. The van der Waals surface area contributed by atoms with Crippen molar-refractivity contribution in [2.75, 3.05) is 13.1 Å². The Hall–Kier alpha value is -0.870. The van der Waals surface area contributed by atoms with E-state index in [1.165, 1.54) is 0 Å². The van der Waals surface area contributed by atoms with Crippen LogP contribution in [-0.4, -0.2) is 31.0 Å². The molecular formula is C12H14BrN3. The second kappa shape index (κ2) is 4.18. The highest BCUT2D eigenvalue weighted by Crippen LogP contribution is 2.22. The van der Waals surface area contributed by atoms with Crippen molar-refractivity contribution in [2.45, 2.75) is 18.5 Å². The number of aliphatic imine (C=N–C) groups is 1. The molecule has 0 aromatic heterocycles. The average molecular weight is 280 g/mol. The molecule has 16 heavy (non-hydrogen) atoms. The number of fused-ring (bicyclic) bond motifs is 1. The van der Waals surface area contributed by atoms with Crippen molar-refractivity contribution in [3.63, 3.8) is 0 Å². The van der Waals surface area contributed by atoms with Gasteiger partial charge in [-0.15, -0.1) is 0 Å². The fourth-order valence-electron chi connectivity index (χ4n) is 2.33. The lowest BCUT2D eigenvalue weighted by Gasteiger charge is -2.24. The fraction of sp³-hybridized carbons (Fsp3) is 0.417. The Kier molecular flexibility index (Phi) is 2.69. The van der Waals surface area contributed by atoms with Gasteiger partial charge in [0.25, 0.3) is 0 Å². The van der Waals surface area contributed by atoms with Crippen LogP contribution in [0.25, 0.3) is 0 Å². The summed E-state index contributed by atoms with van der Waals surface area (Å²) in [7, 11) is 0. The molecule has 3 nitrogen and oxygen atoms in total. The lowest BCUT2D eigenvalue weighted by Crippen LogP contribution is -2.48. The minimum atomic E-state index is 0.448. The average Bonchev–Trinajstić information content (AvgIpc) is 2.73. The van der Waals surface area contributed by atoms with Crippen LogP contribution in [0.1, 0.15) is 12.0 Å². The number of hydrogen-bond donors (Lipinski definition) is 2. The molecule has 2 heterocycles. The second-order valence-electron chi connectivity index (χ2n) is 4.27. The molecule has 0 bridgehead atoms. The minimum absolute atomic E-state index is 0.448. The molecule has 1 aromatic carbocycles. The Bertz CT molecular complexity index is 430. The van der Waals surface area contributed by atoms with E-state index in [1.807, 2.05) is 12.1 Å². The summed E-state index contributed by atoms with van der Waals surface area (Å²) < 4.78 is 1.10. The number of benzene rings is 1. The van der Waals surface area contributed by atoms with E-state index in [4.69, 9.17) is 4.99 Å². The molecular weight excluding hydrogens is 266 g/mol. The molecule has 4 heteroatoms. The van der Waals surface area contributed by atoms with Gasteiger partial charge in [-0.3, -0.25) is 4.99 Å². The molecule has 2 unspecified atom stereocenters. The third-order valence-electron chi connectivity index (χ3n) is 3.19. The Morgan fingerprint density at radius 3 is 3.00 bits per heavy atom. The number of amidine groups is 1. The number of hydrogen-bond acceptors (Lipinski definition) is 3. The van der Waals surface area contributed by atoms with E-state index in [-0.39, 0.29) is 0 Å². The predicted molar refractivity (Wildman–Crippen MR) is 68.9 cm³/mol. The standard InChI is InChI=1S/C12H14BrN3/c13-9-4-2-1-3-8(9)12-15-10-5-6-14-7-11(10)16-12/h1-4,10-11,14H,5-7H2,(H,15,16). The van der Waals surface area contributed by atoms with Crippen molar-refractivity contribution in [1.29, 1.82) is 0 Å². The van der Waals surface area contributed by atoms with Gasteiger partial charge in [-0.05, 0) is 19.0 Å². The van der Waals surface area contributed by atoms with Crippen LogP contribution >= 0.6 is 15.9 Å². The van der Waals surface area contributed by atoms with Gasteiger partial charge < -0.3 is 10.6 Å². The highest BCUT2D eigenvalue weighted by atomic mass is 79.9. The molecule has 0 spiro atoms. The van der Waals surface area contributed by atoms with Crippen molar-refractivity contribution >= 4 is 21.8 Å². The summed E-state index contributed by atoms with van der Waals surface area (Å²) in [6.07, 6.45) is 1.13. The summed E-state index contributed by atoms with van der Waals surface area (Å²) in [4.78, 5) is 4.78. The van der Waals surface area contributed by atoms with Crippen LogP contribution in [0.15, 0.2) is 33.7 Å². The lowest BCUT2D eigenvalue weighted by atomic mass is 10.0. The molecule has 1 saturated heterocycles. The van der Waals surface area contributed by atoms with Gasteiger partial charge in [-0.2, -0.15) is 0 Å². The molecule has 2 aliphatic heterocycles. The Morgan fingerprint density at radius 2 is 2.19 bits per heavy atom. The molecule has 0 saturated carbocycles. The third kappa shape index (κ3) is 1.76. The van der Waals surface area contributed by atoms with E-state index in [1.54, 1.807) is 0 Å². The summed E-state index contributed by atoms with van der Waals surface area (Å²) in [6.45, 7) is 2.09. The first-order valence-electron chi connectivity index (χ1n) is 5.64. The first-order chi connectivity index (χ1) is 7.84. The van der Waals surface area contributed by atoms with Crippen LogP contribution < -0.4 is 10.6 Å². The normalized spacial score (nSPS) is 28.2. The highest BCUT2D eigenvalue weighted by Gasteiger charge is 2.31. The number of halogens is 1. The van der Waals surface area contributed by atoms with Crippen LogP contribution in [0.3, 0.4) is 0 Å². The van der Waals surface area contributed by atoms with Crippen molar-refractivity contribution in [1.82, 2.24) is 10.6 Å². The molecule has 0 radical (unpaired) electrons. The maximum Gasteiger partial charge on any atom is 0.130 e. The number of piperidine rings is 1. The van der Waals surface area contributed by atoms with Gasteiger partial charge in [0.05, 0.1) is 12.1 Å². The Morgan fingerprint density at radius 1 is 1.31 bits per heavy atom. The SMILES string of the molecule is Brc1ccccc1C1=NC2CCNCC2N1. The Balaban J connectivity index is 1.89. The smallest absolute Gasteiger partial charge is 0.130 e. The van der Waals surface area contributed by atoms with E-state index in [0.29, 0.717) is 12.1 Å². The molecule has 0 aliphatic carbocycles. The van der Waals surface area contributed by atoms with E-state index in [0.717, 1.165) is 35.4 Å². The summed E-state index contributed by atoms with van der Waals surface area (Å²) in [5.41, 5.74) is 1.16. The molecule has 1 fully saturated rings. The monoisotopic (exact) mass is 279 g/mol. The molecule has 2 atom stereocenters. The maximum absolute atomic E-state index is 4.78. The van der Waals surface area contributed by atoms with Gasteiger partial charge in [0.15, 0.2) is 0 Å². The van der Waals surface area contributed by atoms with Gasteiger partial charge in [0.2, 0.25) is 0 Å². The van der Waals surface area contributed by atoms with Gasteiger partial charge in [-0.1, -0.05) is 34.1 Å². The van der Waals surface area contributed by atoms with Crippen LogP contribution in [0, 0.1) is 0 Å². The summed E-state index contributed by atoms with van der Waals surface area (Å²) in [5.74, 6) is 1.03. The summed E-state index contributed by atoms with van der Waals surface area (Å²) in [6, 6.07) is 9.14. The maximum atomic E-state index is 4.78. The predicted octanol–water partition coefficient (Wildman–Crippen LogP) is 1.53. The van der Waals surface area contributed by atoms with Crippen LogP contribution in [0.5, 0.6) is 0 Å². The summed E-state index contributed by atoms with van der Waals surface area (Å²) in [5, 5.41) is 6.90. The van der Waals surface area contributed by atoms with Gasteiger partial charge in [0, 0.05) is 16.6 Å². The highest BCUT2D eigenvalue weighted by molar-refractivity contribution is 9.10. The van der Waals surface area contributed by atoms with E-state index >= 15 is 0 Å². The van der Waals surface area contributed by atoms with Crippen LogP contribution in [0.4, 0.5) is 0 Å². The second-order valence-corrected chi connectivity index (χ2v) is 5.12. The van der Waals surface area contributed by atoms with Gasteiger partial charge >= 0.3 is 0 Å². The van der Waals surface area contributed by atoms with Crippen LogP contribution in [-0.2, 0) is 0 Å². The molecule has 84 valence electrons. The van der Waals surface area contributed by atoms with E-state index in [9.17, 15) is 0 Å². The molecule has 0 amide bonds. The zero-order chi connectivity index (χ0) is 11.0. The van der Waals surface area contributed by atoms with Crippen molar-refractivity contribution in [2.24, 2.45) is 4.99 Å². The molecule has 2 aliphatic rings. The first-order valence-corrected chi connectivity index (χ1v) is 6.44. The molecule has 3 rings (SSSR count). The molecule has 1 aromatic rings. The van der Waals surface area contributed by atoms with Crippen LogP contribution in [0.2, 0.25) is 0 Å². The van der Waals surface area contributed by atoms with E-state index < -0.39 is 0 Å². The third-order valence-corrected chi connectivity index (χ3v) is 3.88. The van der Waals surface area contributed by atoms with Crippen molar-refractivity contribution in [3.8, 4) is 0 Å². The summed E-state index contributed by atoms with van der Waals surface area (Å²) >= 11 is 3.57. The number of nitrogens with zero attached hydrogens (tertiary/aromatic N) is 1. The zero-order valence-electron chi connectivity index (χ0n) is 8.91. The van der Waals surface area contributed by atoms with Crippen molar-refractivity contribution < 1.29 is 0 Å².